The summed E-state index contributed by atoms with van der Waals surface area (Å²) in [6.07, 6.45) is 1.42. The molecule has 0 radical (unpaired) electrons. The average molecular weight is 142 g/mol. The third-order valence-electron chi connectivity index (χ3n) is 0.846. The van der Waals surface area contributed by atoms with Gasteiger partial charge in [-0.2, -0.15) is 0 Å². The Morgan fingerprint density at radius 3 is 2.70 bits per heavy atom. The van der Waals surface area contributed by atoms with E-state index >= 15 is 0 Å². The lowest BCUT2D eigenvalue weighted by atomic mass is 10.5. The first-order valence-corrected chi connectivity index (χ1v) is 2.68. The lowest BCUT2D eigenvalue weighted by Crippen LogP contribution is -2.06. The predicted octanol–water partition coefficient (Wildman–Crippen LogP) is -0.0792. The van der Waals surface area contributed by atoms with Crippen molar-refractivity contribution in [3.63, 3.8) is 0 Å². The number of nitrogens with zero attached hydrogens (tertiary/aromatic N) is 1. The number of nitrogens with one attached hydrogen (secondary N) is 1. The molecule has 0 saturated heterocycles. The number of esters is 1. The normalized spacial score (nSPS) is 10.4. The topological polar surface area (TPSA) is 50.7 Å². The molecule has 0 atom stereocenters. The van der Waals surface area contributed by atoms with E-state index in [-0.39, 0.29) is 5.70 Å². The monoisotopic (exact) mass is 142 g/mol. The number of carbonyl (C=O) groups is 1. The Hall–Kier alpha value is -1.32. The maximum absolute atomic E-state index is 10.7. The van der Waals surface area contributed by atoms with E-state index in [4.69, 9.17) is 0 Å². The van der Waals surface area contributed by atoms with Crippen LogP contribution in [0.5, 0.6) is 0 Å². The highest BCUT2D eigenvalue weighted by molar-refractivity contribution is 5.88. The minimum Gasteiger partial charge on any atom is -0.464 e. The van der Waals surface area contributed by atoms with Crippen molar-refractivity contribution in [2.45, 2.75) is 0 Å². The molecule has 0 aromatic rings. The SMILES string of the molecule is C=N/C(=C\NC)C(=O)OC. The smallest absolute Gasteiger partial charge is 0.358 e. The van der Waals surface area contributed by atoms with Gasteiger partial charge in [-0.3, -0.25) is 4.99 Å². The first kappa shape index (κ1) is 8.68. The summed E-state index contributed by atoms with van der Waals surface area (Å²) in [7, 11) is 2.95. The van der Waals surface area contributed by atoms with Gasteiger partial charge >= 0.3 is 5.97 Å². The van der Waals surface area contributed by atoms with Crippen LogP contribution in [-0.4, -0.2) is 26.8 Å². The zero-order valence-electron chi connectivity index (χ0n) is 6.05. The van der Waals surface area contributed by atoms with E-state index in [1.54, 1.807) is 7.05 Å². The van der Waals surface area contributed by atoms with Crippen molar-refractivity contribution in [2.24, 2.45) is 4.99 Å². The summed E-state index contributed by atoms with van der Waals surface area (Å²) in [6.45, 7) is 3.19. The number of rotatable bonds is 3. The number of ether oxygens (including phenoxy) is 1. The largest absolute Gasteiger partial charge is 0.464 e. The van der Waals surface area contributed by atoms with Crippen molar-refractivity contribution in [3.05, 3.63) is 11.9 Å². The standard InChI is InChI=1S/C6H10N2O2/c1-7-4-5(8-2)6(9)10-3/h4,7H,2H2,1,3H3/b5-4-. The van der Waals surface area contributed by atoms with Crippen LogP contribution in [0.3, 0.4) is 0 Å². The molecule has 0 saturated carbocycles. The lowest BCUT2D eigenvalue weighted by molar-refractivity contribution is -0.136. The third kappa shape index (κ3) is 2.30. The molecule has 0 unspecified atom stereocenters. The van der Waals surface area contributed by atoms with Crippen LogP contribution in [0.25, 0.3) is 0 Å². The summed E-state index contributed by atoms with van der Waals surface area (Å²) in [5.74, 6) is -0.496. The molecular formula is C6H10N2O2. The minimum absolute atomic E-state index is 0.171. The quantitative estimate of drug-likeness (QED) is 0.340. The van der Waals surface area contributed by atoms with Crippen LogP contribution >= 0.6 is 0 Å². The first-order chi connectivity index (χ1) is 4.76. The summed E-state index contributed by atoms with van der Waals surface area (Å²) in [4.78, 5) is 14.1. The average Bonchev–Trinajstić information content (AvgIpc) is 1.99. The van der Waals surface area contributed by atoms with E-state index in [1.807, 2.05) is 0 Å². The van der Waals surface area contributed by atoms with Gasteiger partial charge in [0.25, 0.3) is 0 Å². The second kappa shape index (κ2) is 4.55. The van der Waals surface area contributed by atoms with Crippen LogP contribution in [0, 0.1) is 0 Å². The molecule has 4 nitrogen and oxygen atoms in total. The van der Waals surface area contributed by atoms with Crippen molar-refractivity contribution in [2.75, 3.05) is 14.2 Å². The van der Waals surface area contributed by atoms with E-state index < -0.39 is 5.97 Å². The number of hydrogen-bond donors (Lipinski definition) is 1. The molecule has 56 valence electrons. The number of methoxy groups -OCH3 is 1. The fraction of sp³-hybridized carbons (Fsp3) is 0.333. The van der Waals surface area contributed by atoms with E-state index in [1.165, 1.54) is 13.3 Å². The number of aliphatic imine (C=N–C) groups is 1. The van der Waals surface area contributed by atoms with Crippen molar-refractivity contribution < 1.29 is 9.53 Å². The predicted molar refractivity (Wildman–Crippen MR) is 38.7 cm³/mol. The van der Waals surface area contributed by atoms with Crippen LogP contribution in [0.1, 0.15) is 0 Å². The molecule has 0 aliphatic heterocycles. The second-order valence-corrected chi connectivity index (χ2v) is 1.47. The molecule has 1 N–H and O–H groups in total. The first-order valence-electron chi connectivity index (χ1n) is 2.68. The van der Waals surface area contributed by atoms with Gasteiger partial charge in [-0.15, -0.1) is 0 Å². The summed E-state index contributed by atoms with van der Waals surface area (Å²) in [5, 5.41) is 2.64. The van der Waals surface area contributed by atoms with Crippen LogP contribution in [0.2, 0.25) is 0 Å². The summed E-state index contributed by atoms with van der Waals surface area (Å²) < 4.78 is 4.37. The maximum atomic E-state index is 10.7. The molecule has 0 bridgehead atoms. The van der Waals surface area contributed by atoms with Crippen LogP contribution in [-0.2, 0) is 9.53 Å². The van der Waals surface area contributed by atoms with Gasteiger partial charge in [-0.05, 0) is 6.72 Å². The van der Waals surface area contributed by atoms with Gasteiger partial charge in [-0.25, -0.2) is 4.79 Å². The summed E-state index contributed by atoms with van der Waals surface area (Å²) in [5.41, 5.74) is 0.171. The third-order valence-corrected chi connectivity index (χ3v) is 0.846. The number of hydrogen-bond acceptors (Lipinski definition) is 4. The Balaban J connectivity index is 4.20. The molecule has 0 aromatic carbocycles. The Bertz CT molecular complexity index is 163. The molecule has 0 aromatic heterocycles. The molecule has 4 heteroatoms. The van der Waals surface area contributed by atoms with Crippen molar-refractivity contribution >= 4 is 12.7 Å². The highest BCUT2D eigenvalue weighted by Crippen LogP contribution is 1.94. The van der Waals surface area contributed by atoms with E-state index in [0.29, 0.717) is 0 Å². The Morgan fingerprint density at radius 1 is 1.80 bits per heavy atom. The van der Waals surface area contributed by atoms with Crippen molar-refractivity contribution in [1.29, 1.82) is 0 Å². The highest BCUT2D eigenvalue weighted by Gasteiger charge is 2.04. The van der Waals surface area contributed by atoms with Gasteiger partial charge in [0.05, 0.1) is 7.11 Å². The molecule has 0 rings (SSSR count). The molecule has 0 aliphatic rings. The number of carbonyl (C=O) groups excluding carboxylic acids is 1. The maximum Gasteiger partial charge on any atom is 0.358 e. The Kier molecular flexibility index (Phi) is 3.95. The zero-order valence-corrected chi connectivity index (χ0v) is 6.05. The second-order valence-electron chi connectivity index (χ2n) is 1.47. The highest BCUT2D eigenvalue weighted by atomic mass is 16.5. The Labute approximate surface area is 59.6 Å². The van der Waals surface area contributed by atoms with Gasteiger partial charge in [0, 0.05) is 13.2 Å². The van der Waals surface area contributed by atoms with Gasteiger partial charge in [0.15, 0.2) is 5.70 Å². The molecule has 10 heavy (non-hydrogen) atoms. The zero-order chi connectivity index (χ0) is 7.98. The van der Waals surface area contributed by atoms with Gasteiger partial charge in [0.2, 0.25) is 0 Å². The molecule has 0 amide bonds. The Morgan fingerprint density at radius 2 is 2.40 bits per heavy atom. The fourth-order valence-corrected chi connectivity index (χ4v) is 0.410. The summed E-state index contributed by atoms with van der Waals surface area (Å²) >= 11 is 0. The molecule has 0 spiro atoms. The van der Waals surface area contributed by atoms with Crippen molar-refractivity contribution in [1.82, 2.24) is 5.32 Å². The van der Waals surface area contributed by atoms with Gasteiger partial charge < -0.3 is 10.1 Å². The van der Waals surface area contributed by atoms with Crippen LogP contribution < -0.4 is 5.32 Å². The molecule has 0 heterocycles. The minimum atomic E-state index is -0.496. The van der Waals surface area contributed by atoms with Gasteiger partial charge in [0.1, 0.15) is 0 Å². The van der Waals surface area contributed by atoms with Crippen LogP contribution in [0.4, 0.5) is 0 Å². The van der Waals surface area contributed by atoms with E-state index in [9.17, 15) is 4.79 Å². The van der Waals surface area contributed by atoms with E-state index in [2.05, 4.69) is 21.8 Å². The van der Waals surface area contributed by atoms with Crippen LogP contribution in [0.15, 0.2) is 16.9 Å². The lowest BCUT2D eigenvalue weighted by Gasteiger charge is -1.96. The van der Waals surface area contributed by atoms with Gasteiger partial charge in [-0.1, -0.05) is 0 Å². The molecule has 0 aliphatic carbocycles. The molecule has 0 fully saturated rings. The van der Waals surface area contributed by atoms with E-state index in [0.717, 1.165) is 0 Å². The van der Waals surface area contributed by atoms with Crippen molar-refractivity contribution in [3.8, 4) is 0 Å². The molecular weight excluding hydrogens is 132 g/mol. The fourth-order valence-electron chi connectivity index (χ4n) is 0.410. The summed E-state index contributed by atoms with van der Waals surface area (Å²) in [6, 6.07) is 0.